The fraction of sp³-hybridized carbons (Fsp3) is 0.588. The first-order valence-electron chi connectivity index (χ1n) is 7.96. The minimum Gasteiger partial charge on any atom is -0.447 e. The first-order valence-corrected chi connectivity index (χ1v) is 7.96. The van der Waals surface area contributed by atoms with Gasteiger partial charge in [-0.05, 0) is 42.9 Å². The topological polar surface area (TPSA) is 41.6 Å². The van der Waals surface area contributed by atoms with E-state index in [4.69, 9.17) is 4.74 Å². The molecule has 4 heteroatoms. The molecule has 1 saturated carbocycles. The van der Waals surface area contributed by atoms with Crippen molar-refractivity contribution in [2.24, 2.45) is 11.8 Å². The molecule has 4 nitrogen and oxygen atoms in total. The van der Waals surface area contributed by atoms with Gasteiger partial charge in [-0.2, -0.15) is 0 Å². The van der Waals surface area contributed by atoms with Crippen LogP contribution in [0.5, 0.6) is 0 Å². The Balaban J connectivity index is 1.75. The number of hydrogen-bond acceptors (Lipinski definition) is 3. The quantitative estimate of drug-likeness (QED) is 0.917. The van der Waals surface area contributed by atoms with E-state index in [0.717, 1.165) is 11.4 Å². The summed E-state index contributed by atoms with van der Waals surface area (Å²) in [4.78, 5) is 13.4. The molecule has 2 fully saturated rings. The van der Waals surface area contributed by atoms with Gasteiger partial charge >= 0.3 is 6.09 Å². The highest BCUT2D eigenvalue weighted by molar-refractivity contribution is 5.89. The number of cyclic esters (lactones) is 1. The Hall–Kier alpha value is -1.71. The molecule has 114 valence electrons. The molecular weight excluding hydrogens is 264 g/mol. The second-order valence-electron chi connectivity index (χ2n) is 6.37. The zero-order chi connectivity index (χ0) is 14.8. The van der Waals surface area contributed by atoms with Gasteiger partial charge in [-0.25, -0.2) is 4.79 Å². The zero-order valence-electron chi connectivity index (χ0n) is 12.8. The minimum atomic E-state index is -0.244. The molecule has 1 aromatic carbocycles. The van der Waals surface area contributed by atoms with Crippen LogP contribution in [0.4, 0.5) is 16.2 Å². The van der Waals surface area contributed by atoms with Gasteiger partial charge in [-0.3, -0.25) is 4.90 Å². The standard InChI is InChI=1S/C17H24N2O2/c1-12-5-3-6-13(2)16(12)18-14-7-4-8-15(11-14)19-9-10-21-17(19)20/h4,7-8,11-13,16,18H,3,5-6,9-10H2,1-2H3. The second kappa shape index (κ2) is 5.96. The van der Waals surface area contributed by atoms with E-state index in [1.54, 1.807) is 4.90 Å². The zero-order valence-corrected chi connectivity index (χ0v) is 12.8. The third-order valence-electron chi connectivity index (χ3n) is 4.80. The summed E-state index contributed by atoms with van der Waals surface area (Å²) >= 11 is 0. The van der Waals surface area contributed by atoms with Gasteiger partial charge in [-0.1, -0.05) is 26.3 Å². The van der Waals surface area contributed by atoms with Crippen molar-refractivity contribution < 1.29 is 9.53 Å². The van der Waals surface area contributed by atoms with E-state index in [1.165, 1.54) is 19.3 Å². The van der Waals surface area contributed by atoms with Crippen LogP contribution in [0.3, 0.4) is 0 Å². The van der Waals surface area contributed by atoms with Gasteiger partial charge in [0.1, 0.15) is 6.61 Å². The molecule has 21 heavy (non-hydrogen) atoms. The van der Waals surface area contributed by atoms with Crippen molar-refractivity contribution in [3.05, 3.63) is 24.3 Å². The van der Waals surface area contributed by atoms with Crippen LogP contribution in [0, 0.1) is 11.8 Å². The number of carbonyl (C=O) groups is 1. The van der Waals surface area contributed by atoms with E-state index in [0.29, 0.717) is 31.0 Å². The number of ether oxygens (including phenoxy) is 1. The Morgan fingerprint density at radius 3 is 2.67 bits per heavy atom. The van der Waals surface area contributed by atoms with Gasteiger partial charge in [0.15, 0.2) is 0 Å². The average molecular weight is 288 g/mol. The summed E-state index contributed by atoms with van der Waals surface area (Å²) in [6.45, 7) is 5.77. The predicted octanol–water partition coefficient (Wildman–Crippen LogP) is 3.88. The summed E-state index contributed by atoms with van der Waals surface area (Å²) in [6, 6.07) is 8.62. The Bertz CT molecular complexity index is 507. The fourth-order valence-electron chi connectivity index (χ4n) is 3.55. The van der Waals surface area contributed by atoms with Crippen LogP contribution in [0.1, 0.15) is 33.1 Å². The van der Waals surface area contributed by atoms with Gasteiger partial charge in [0.05, 0.1) is 6.54 Å². The van der Waals surface area contributed by atoms with Crippen molar-refractivity contribution in [2.75, 3.05) is 23.4 Å². The second-order valence-corrected chi connectivity index (χ2v) is 6.37. The Kier molecular flexibility index (Phi) is 4.04. The largest absolute Gasteiger partial charge is 0.447 e. The van der Waals surface area contributed by atoms with Crippen LogP contribution < -0.4 is 10.2 Å². The van der Waals surface area contributed by atoms with E-state index < -0.39 is 0 Å². The van der Waals surface area contributed by atoms with Gasteiger partial charge in [0.2, 0.25) is 0 Å². The van der Waals surface area contributed by atoms with Crippen LogP contribution in [-0.4, -0.2) is 25.3 Å². The summed E-state index contributed by atoms with van der Waals surface area (Å²) in [5.41, 5.74) is 2.01. The molecule has 1 heterocycles. The molecule has 3 rings (SSSR count). The number of nitrogens with one attached hydrogen (secondary N) is 1. The van der Waals surface area contributed by atoms with E-state index in [-0.39, 0.29) is 6.09 Å². The van der Waals surface area contributed by atoms with E-state index >= 15 is 0 Å². The summed E-state index contributed by atoms with van der Waals surface area (Å²) in [6.07, 6.45) is 3.67. The molecule has 1 N–H and O–H groups in total. The highest BCUT2D eigenvalue weighted by Gasteiger charge is 2.28. The highest BCUT2D eigenvalue weighted by Crippen LogP contribution is 2.32. The van der Waals surface area contributed by atoms with E-state index in [9.17, 15) is 4.79 Å². The summed E-state index contributed by atoms with van der Waals surface area (Å²) in [5, 5.41) is 3.68. The van der Waals surface area contributed by atoms with Crippen molar-refractivity contribution in [3.63, 3.8) is 0 Å². The number of hydrogen-bond donors (Lipinski definition) is 1. The summed E-state index contributed by atoms with van der Waals surface area (Å²) in [7, 11) is 0. The average Bonchev–Trinajstić information content (AvgIpc) is 2.90. The smallest absolute Gasteiger partial charge is 0.414 e. The molecule has 1 saturated heterocycles. The van der Waals surface area contributed by atoms with Crippen molar-refractivity contribution in [3.8, 4) is 0 Å². The fourth-order valence-corrected chi connectivity index (χ4v) is 3.55. The molecular formula is C17H24N2O2. The maximum absolute atomic E-state index is 11.7. The number of carbonyl (C=O) groups excluding carboxylic acids is 1. The molecule has 1 aliphatic heterocycles. The molecule has 2 unspecified atom stereocenters. The van der Waals surface area contributed by atoms with E-state index in [2.05, 4.69) is 31.3 Å². The van der Waals surface area contributed by atoms with E-state index in [1.807, 2.05) is 12.1 Å². The molecule has 2 aliphatic rings. The maximum atomic E-state index is 11.7. The van der Waals surface area contributed by atoms with Gasteiger partial charge in [0.25, 0.3) is 0 Å². The number of nitrogens with zero attached hydrogens (tertiary/aromatic N) is 1. The Labute approximate surface area is 126 Å². The van der Waals surface area contributed by atoms with Crippen molar-refractivity contribution in [2.45, 2.75) is 39.2 Å². The number of rotatable bonds is 3. The minimum absolute atomic E-state index is 0.244. The molecule has 0 bridgehead atoms. The third kappa shape index (κ3) is 2.99. The molecule has 1 aromatic rings. The monoisotopic (exact) mass is 288 g/mol. The van der Waals surface area contributed by atoms with Crippen LogP contribution in [0.2, 0.25) is 0 Å². The molecule has 0 spiro atoms. The predicted molar refractivity (Wildman–Crippen MR) is 84.7 cm³/mol. The van der Waals surface area contributed by atoms with Gasteiger partial charge < -0.3 is 10.1 Å². The molecule has 0 radical (unpaired) electrons. The molecule has 0 aromatic heterocycles. The van der Waals surface area contributed by atoms with Crippen molar-refractivity contribution >= 4 is 17.5 Å². The lowest BCUT2D eigenvalue weighted by molar-refractivity contribution is 0.181. The number of anilines is 2. The lowest BCUT2D eigenvalue weighted by Crippen LogP contribution is -2.37. The van der Waals surface area contributed by atoms with Gasteiger partial charge in [-0.15, -0.1) is 0 Å². The van der Waals surface area contributed by atoms with Crippen LogP contribution in [-0.2, 0) is 4.74 Å². The normalized spacial score (nSPS) is 29.3. The SMILES string of the molecule is CC1CCCC(C)C1Nc1cccc(N2CCOC2=O)c1. The molecule has 2 atom stereocenters. The van der Waals surface area contributed by atoms with Crippen LogP contribution in [0.25, 0.3) is 0 Å². The lowest BCUT2D eigenvalue weighted by Gasteiger charge is -2.36. The van der Waals surface area contributed by atoms with Gasteiger partial charge in [0, 0.05) is 17.4 Å². The first-order chi connectivity index (χ1) is 10.1. The Morgan fingerprint density at radius 2 is 2.00 bits per heavy atom. The number of amides is 1. The first kappa shape index (κ1) is 14.2. The highest BCUT2D eigenvalue weighted by atomic mass is 16.6. The summed E-state index contributed by atoms with van der Waals surface area (Å²) < 4.78 is 5.01. The number of benzene rings is 1. The van der Waals surface area contributed by atoms with Crippen molar-refractivity contribution in [1.82, 2.24) is 0 Å². The maximum Gasteiger partial charge on any atom is 0.414 e. The van der Waals surface area contributed by atoms with Crippen molar-refractivity contribution in [1.29, 1.82) is 0 Å². The third-order valence-corrected chi connectivity index (χ3v) is 4.80. The molecule has 1 amide bonds. The summed E-state index contributed by atoms with van der Waals surface area (Å²) in [5.74, 6) is 1.38. The van der Waals surface area contributed by atoms with Crippen LogP contribution in [0.15, 0.2) is 24.3 Å². The Morgan fingerprint density at radius 1 is 1.24 bits per heavy atom. The lowest BCUT2D eigenvalue weighted by atomic mass is 9.78. The van der Waals surface area contributed by atoms with Crippen LogP contribution >= 0.6 is 0 Å². The molecule has 1 aliphatic carbocycles.